The van der Waals surface area contributed by atoms with E-state index in [1.165, 1.54) is 0 Å². The van der Waals surface area contributed by atoms with Gasteiger partial charge in [-0.25, -0.2) is 9.78 Å². The molecular formula is C14H10N2O2S2. The van der Waals surface area contributed by atoms with E-state index in [2.05, 4.69) is 9.36 Å². The number of benzene rings is 1. The van der Waals surface area contributed by atoms with Gasteiger partial charge in [-0.3, -0.25) is 0 Å². The van der Waals surface area contributed by atoms with Gasteiger partial charge in [-0.15, -0.1) is 11.3 Å². The minimum absolute atomic E-state index is 0.359. The van der Waals surface area contributed by atoms with Crippen LogP contribution < -0.4 is 0 Å². The number of nitrogens with zero attached hydrogens (tertiary/aromatic N) is 2. The fraction of sp³-hybridized carbons (Fsp3) is 0.214. The molecule has 0 spiro atoms. The molecule has 0 unspecified atom stereocenters. The second kappa shape index (κ2) is 4.36. The van der Waals surface area contributed by atoms with E-state index in [4.69, 9.17) is 0 Å². The monoisotopic (exact) mass is 302 g/mol. The lowest BCUT2D eigenvalue weighted by Crippen LogP contribution is -1.97. The summed E-state index contributed by atoms with van der Waals surface area (Å²) in [4.78, 5) is 16.1. The van der Waals surface area contributed by atoms with Crippen LogP contribution in [0.2, 0.25) is 0 Å². The molecular weight excluding hydrogens is 292 g/mol. The topological polar surface area (TPSA) is 63.1 Å². The van der Waals surface area contributed by atoms with Gasteiger partial charge in [-0.05, 0) is 36.4 Å². The number of rotatable bonds is 3. The zero-order chi connectivity index (χ0) is 13.7. The Morgan fingerprint density at radius 3 is 2.95 bits per heavy atom. The number of hydrogen-bond acceptors (Lipinski definition) is 5. The molecule has 1 fully saturated rings. The zero-order valence-corrected chi connectivity index (χ0v) is 12.0. The van der Waals surface area contributed by atoms with Gasteiger partial charge < -0.3 is 5.11 Å². The third-order valence-electron chi connectivity index (χ3n) is 3.52. The Bertz CT molecular complexity index is 818. The molecule has 1 aliphatic carbocycles. The molecule has 6 heteroatoms. The highest BCUT2D eigenvalue weighted by Gasteiger charge is 2.34. The third kappa shape index (κ3) is 1.76. The summed E-state index contributed by atoms with van der Waals surface area (Å²) < 4.78 is 5.52. The molecule has 0 radical (unpaired) electrons. The van der Waals surface area contributed by atoms with E-state index in [0.29, 0.717) is 10.8 Å². The van der Waals surface area contributed by atoms with Crippen LogP contribution in [-0.2, 0) is 0 Å². The summed E-state index contributed by atoms with van der Waals surface area (Å²) in [6.45, 7) is 0. The Balaban J connectivity index is 1.98. The number of fused-ring (bicyclic) bond motifs is 1. The molecule has 4 rings (SSSR count). The van der Waals surface area contributed by atoms with Crippen LogP contribution in [0.15, 0.2) is 23.7 Å². The molecule has 0 atom stereocenters. The smallest absolute Gasteiger partial charge is 0.347 e. The van der Waals surface area contributed by atoms with Crippen LogP contribution in [0.3, 0.4) is 0 Å². The SMILES string of the molecule is O=C(O)c1snc(-c2cccc3ncsc23)c1C1CC1. The van der Waals surface area contributed by atoms with Crippen LogP contribution in [-0.4, -0.2) is 20.4 Å². The predicted molar refractivity (Wildman–Crippen MR) is 79.7 cm³/mol. The number of carboxylic acid groups (broad SMARTS) is 1. The lowest BCUT2D eigenvalue weighted by molar-refractivity contribution is 0.0701. The molecule has 2 heterocycles. The first-order valence-corrected chi connectivity index (χ1v) is 7.96. The van der Waals surface area contributed by atoms with Crippen LogP contribution in [0.5, 0.6) is 0 Å². The summed E-state index contributed by atoms with van der Waals surface area (Å²) in [5, 5.41) is 9.34. The Morgan fingerprint density at radius 2 is 2.20 bits per heavy atom. The summed E-state index contributed by atoms with van der Waals surface area (Å²) in [6, 6.07) is 5.93. The van der Waals surface area contributed by atoms with Gasteiger partial charge in [-0.1, -0.05) is 12.1 Å². The Morgan fingerprint density at radius 1 is 1.35 bits per heavy atom. The molecule has 3 aromatic rings. The molecule has 0 aliphatic heterocycles. The maximum Gasteiger partial charge on any atom is 0.347 e. The largest absolute Gasteiger partial charge is 0.477 e. The van der Waals surface area contributed by atoms with Crippen molar-refractivity contribution >= 4 is 39.1 Å². The van der Waals surface area contributed by atoms with Gasteiger partial charge in [0.25, 0.3) is 0 Å². The lowest BCUT2D eigenvalue weighted by Gasteiger charge is -2.03. The first kappa shape index (κ1) is 12.0. The van der Waals surface area contributed by atoms with Crippen molar-refractivity contribution in [2.75, 3.05) is 0 Å². The predicted octanol–water partition coefficient (Wildman–Crippen LogP) is 4.00. The molecule has 0 bridgehead atoms. The first-order valence-electron chi connectivity index (χ1n) is 6.31. The molecule has 20 heavy (non-hydrogen) atoms. The number of hydrogen-bond donors (Lipinski definition) is 1. The fourth-order valence-corrected chi connectivity index (χ4v) is 4.09. The van der Waals surface area contributed by atoms with E-state index in [9.17, 15) is 9.90 Å². The molecule has 1 N–H and O–H groups in total. The van der Waals surface area contributed by atoms with Crippen LogP contribution in [0, 0.1) is 0 Å². The second-order valence-electron chi connectivity index (χ2n) is 4.86. The highest BCUT2D eigenvalue weighted by Crippen LogP contribution is 2.48. The van der Waals surface area contributed by atoms with Gasteiger partial charge in [-0.2, -0.15) is 4.37 Å². The Labute approximate surface area is 122 Å². The number of aromatic carboxylic acids is 1. The number of carbonyl (C=O) groups is 1. The van der Waals surface area contributed by atoms with E-state index in [1.54, 1.807) is 11.3 Å². The minimum Gasteiger partial charge on any atom is -0.477 e. The van der Waals surface area contributed by atoms with Crippen molar-refractivity contribution < 1.29 is 9.90 Å². The van der Waals surface area contributed by atoms with Crippen molar-refractivity contribution in [2.24, 2.45) is 0 Å². The van der Waals surface area contributed by atoms with E-state index >= 15 is 0 Å². The Kier molecular flexibility index (Phi) is 2.61. The number of carboxylic acids is 1. The normalized spacial score (nSPS) is 14.8. The van der Waals surface area contributed by atoms with Crippen molar-refractivity contribution in [3.63, 3.8) is 0 Å². The quantitative estimate of drug-likeness (QED) is 0.794. The highest BCUT2D eigenvalue weighted by atomic mass is 32.1. The average molecular weight is 302 g/mol. The zero-order valence-electron chi connectivity index (χ0n) is 10.4. The van der Waals surface area contributed by atoms with Crippen LogP contribution >= 0.6 is 22.9 Å². The van der Waals surface area contributed by atoms with Gasteiger partial charge >= 0.3 is 5.97 Å². The maximum atomic E-state index is 11.4. The van der Waals surface area contributed by atoms with Crippen molar-refractivity contribution in [3.8, 4) is 11.3 Å². The summed E-state index contributed by atoms with van der Waals surface area (Å²) in [7, 11) is 0. The molecule has 1 aromatic carbocycles. The fourth-order valence-electron chi connectivity index (χ4n) is 2.47. The molecule has 1 aliphatic rings. The van der Waals surface area contributed by atoms with E-state index in [-0.39, 0.29) is 0 Å². The van der Waals surface area contributed by atoms with Gasteiger partial charge in [0.15, 0.2) is 0 Å². The molecule has 0 amide bonds. The van der Waals surface area contributed by atoms with Gasteiger partial charge in [0, 0.05) is 11.1 Å². The molecule has 1 saturated carbocycles. The maximum absolute atomic E-state index is 11.4. The van der Waals surface area contributed by atoms with Crippen molar-refractivity contribution in [1.82, 2.24) is 9.36 Å². The average Bonchev–Trinajstić information content (AvgIpc) is 3.01. The first-order chi connectivity index (χ1) is 9.75. The van der Waals surface area contributed by atoms with Crippen LogP contribution in [0.4, 0.5) is 0 Å². The lowest BCUT2D eigenvalue weighted by atomic mass is 10.0. The summed E-state index contributed by atoms with van der Waals surface area (Å²) in [5.74, 6) is -0.509. The van der Waals surface area contributed by atoms with E-state index in [1.807, 2.05) is 23.7 Å². The molecule has 100 valence electrons. The number of aromatic nitrogens is 2. The summed E-state index contributed by atoms with van der Waals surface area (Å²) >= 11 is 2.67. The molecule has 0 saturated heterocycles. The second-order valence-corrected chi connectivity index (χ2v) is 6.49. The van der Waals surface area contributed by atoms with Gasteiger partial charge in [0.2, 0.25) is 0 Å². The van der Waals surface area contributed by atoms with Crippen molar-refractivity contribution in [2.45, 2.75) is 18.8 Å². The standard InChI is InChI=1S/C14H10N2O2S2/c17-14(18)13-10(7-4-5-7)11(16-20-13)8-2-1-3-9-12(8)19-6-15-9/h1-3,6-7H,4-5H2,(H,17,18). The minimum atomic E-state index is -0.868. The highest BCUT2D eigenvalue weighted by molar-refractivity contribution is 7.17. The molecule has 2 aromatic heterocycles. The van der Waals surface area contributed by atoms with E-state index in [0.717, 1.165) is 51.4 Å². The van der Waals surface area contributed by atoms with E-state index < -0.39 is 5.97 Å². The van der Waals surface area contributed by atoms with Crippen molar-refractivity contribution in [3.05, 3.63) is 34.2 Å². The van der Waals surface area contributed by atoms with Crippen molar-refractivity contribution in [1.29, 1.82) is 0 Å². The summed E-state index contributed by atoms with van der Waals surface area (Å²) in [5.41, 5.74) is 5.53. The van der Waals surface area contributed by atoms with Crippen LogP contribution in [0.1, 0.15) is 34.0 Å². The van der Waals surface area contributed by atoms with Crippen LogP contribution in [0.25, 0.3) is 21.5 Å². The third-order valence-corrected chi connectivity index (χ3v) is 5.25. The summed E-state index contributed by atoms with van der Waals surface area (Å²) in [6.07, 6.45) is 2.12. The van der Waals surface area contributed by atoms with Gasteiger partial charge in [0.05, 0.1) is 21.4 Å². The Hall–Kier alpha value is -1.79. The number of thiazole rings is 1. The molecule has 4 nitrogen and oxygen atoms in total. The van der Waals surface area contributed by atoms with Gasteiger partial charge in [0.1, 0.15) is 4.88 Å².